The first kappa shape index (κ1) is 14.4. The molecule has 2 saturated carbocycles. The number of amides is 1. The van der Waals surface area contributed by atoms with Crippen molar-refractivity contribution in [2.45, 2.75) is 64.3 Å². The Hall–Kier alpha value is -1.06. The quantitative estimate of drug-likeness (QED) is 0.822. The summed E-state index contributed by atoms with van der Waals surface area (Å²) in [4.78, 5) is 23.7. The monoisotopic (exact) mass is 267 g/mol. The number of aliphatic carboxylic acids is 1. The van der Waals surface area contributed by atoms with Crippen LogP contribution in [0.2, 0.25) is 0 Å². The van der Waals surface area contributed by atoms with Gasteiger partial charge in [-0.3, -0.25) is 9.59 Å². The Morgan fingerprint density at radius 3 is 2.32 bits per heavy atom. The largest absolute Gasteiger partial charge is 0.481 e. The van der Waals surface area contributed by atoms with Crippen molar-refractivity contribution in [1.82, 2.24) is 5.32 Å². The van der Waals surface area contributed by atoms with Crippen molar-refractivity contribution in [2.24, 2.45) is 17.8 Å². The molecule has 0 radical (unpaired) electrons. The number of carboxylic acid groups (broad SMARTS) is 1. The Morgan fingerprint density at radius 1 is 1.21 bits per heavy atom. The maximum absolute atomic E-state index is 12.4. The van der Waals surface area contributed by atoms with Gasteiger partial charge in [0.05, 0.1) is 11.8 Å². The highest BCUT2D eigenvalue weighted by molar-refractivity contribution is 5.85. The third-order valence-electron chi connectivity index (χ3n) is 5.02. The lowest BCUT2D eigenvalue weighted by atomic mass is 9.92. The van der Waals surface area contributed by atoms with E-state index in [1.807, 2.05) is 0 Å². The minimum Gasteiger partial charge on any atom is -0.481 e. The minimum atomic E-state index is -0.812. The molecular weight excluding hydrogens is 242 g/mol. The molecule has 0 saturated heterocycles. The van der Waals surface area contributed by atoms with Crippen molar-refractivity contribution in [2.75, 3.05) is 0 Å². The Balaban J connectivity index is 2.02. The van der Waals surface area contributed by atoms with Crippen LogP contribution in [0.3, 0.4) is 0 Å². The van der Waals surface area contributed by atoms with Crippen LogP contribution in [-0.4, -0.2) is 22.5 Å². The van der Waals surface area contributed by atoms with E-state index in [1.54, 1.807) is 0 Å². The van der Waals surface area contributed by atoms with E-state index >= 15 is 0 Å². The van der Waals surface area contributed by atoms with Gasteiger partial charge in [0.15, 0.2) is 0 Å². The molecule has 1 unspecified atom stereocenters. The topological polar surface area (TPSA) is 66.4 Å². The van der Waals surface area contributed by atoms with Crippen LogP contribution in [0.5, 0.6) is 0 Å². The molecule has 0 aromatic rings. The smallest absolute Gasteiger partial charge is 0.307 e. The normalized spacial score (nSPS) is 33.3. The molecule has 4 heteroatoms. The first-order chi connectivity index (χ1) is 8.95. The lowest BCUT2D eigenvalue weighted by Crippen LogP contribution is -2.47. The standard InChI is InChI=1S/C15H25NO3/c1-3-10-8-11(12(9-10)14(18)19)13(17)16-15(2)6-4-5-7-15/h10-12H,3-9H2,1-2H3,(H,16,17)(H,18,19)/t10?,11-,12+/m0/s1. The van der Waals surface area contributed by atoms with Crippen LogP contribution in [0.4, 0.5) is 0 Å². The first-order valence-electron chi connectivity index (χ1n) is 7.50. The molecule has 3 atom stereocenters. The zero-order valence-corrected chi connectivity index (χ0v) is 11.9. The first-order valence-corrected chi connectivity index (χ1v) is 7.50. The van der Waals surface area contributed by atoms with Crippen LogP contribution >= 0.6 is 0 Å². The number of nitrogens with one attached hydrogen (secondary N) is 1. The van der Waals surface area contributed by atoms with Crippen LogP contribution in [-0.2, 0) is 9.59 Å². The Morgan fingerprint density at radius 2 is 1.79 bits per heavy atom. The average molecular weight is 267 g/mol. The Kier molecular flexibility index (Phi) is 4.16. The van der Waals surface area contributed by atoms with Crippen LogP contribution < -0.4 is 5.32 Å². The van der Waals surface area contributed by atoms with Gasteiger partial charge in [-0.05, 0) is 38.5 Å². The molecular formula is C15H25NO3. The van der Waals surface area contributed by atoms with Gasteiger partial charge in [0, 0.05) is 5.54 Å². The molecule has 2 rings (SSSR count). The van der Waals surface area contributed by atoms with Crippen LogP contribution in [0, 0.1) is 17.8 Å². The Bertz CT molecular complexity index is 360. The summed E-state index contributed by atoms with van der Waals surface area (Å²) in [6.07, 6.45) is 6.68. The summed E-state index contributed by atoms with van der Waals surface area (Å²) in [5.74, 6) is -1.29. The van der Waals surface area contributed by atoms with E-state index in [4.69, 9.17) is 0 Å². The summed E-state index contributed by atoms with van der Waals surface area (Å²) < 4.78 is 0. The van der Waals surface area contributed by atoms with Gasteiger partial charge in [-0.15, -0.1) is 0 Å². The maximum Gasteiger partial charge on any atom is 0.307 e. The predicted octanol–water partition coefficient (Wildman–Crippen LogP) is 2.57. The van der Waals surface area contributed by atoms with Crippen molar-refractivity contribution in [3.63, 3.8) is 0 Å². The Labute approximate surface area is 115 Å². The third kappa shape index (κ3) is 3.10. The minimum absolute atomic E-state index is 0.0345. The van der Waals surface area contributed by atoms with Crippen LogP contribution in [0.25, 0.3) is 0 Å². The number of carbonyl (C=O) groups is 2. The van der Waals surface area contributed by atoms with Gasteiger partial charge < -0.3 is 10.4 Å². The summed E-state index contributed by atoms with van der Waals surface area (Å²) in [6, 6.07) is 0. The average Bonchev–Trinajstić information content (AvgIpc) is 2.95. The van der Waals surface area contributed by atoms with Crippen LogP contribution in [0.1, 0.15) is 58.8 Å². The molecule has 1 amide bonds. The van der Waals surface area contributed by atoms with Crippen molar-refractivity contribution in [1.29, 1.82) is 0 Å². The summed E-state index contributed by atoms with van der Waals surface area (Å²) >= 11 is 0. The second-order valence-electron chi connectivity index (χ2n) is 6.55. The molecule has 2 aliphatic rings. The van der Waals surface area contributed by atoms with Gasteiger partial charge in [-0.25, -0.2) is 0 Å². The van der Waals surface area contributed by atoms with E-state index in [1.165, 1.54) is 0 Å². The molecule has 0 heterocycles. The van der Waals surface area contributed by atoms with Gasteiger partial charge in [-0.1, -0.05) is 26.2 Å². The summed E-state index contributed by atoms with van der Waals surface area (Å²) in [5, 5.41) is 12.4. The fourth-order valence-corrected chi connectivity index (χ4v) is 3.71. The zero-order chi connectivity index (χ0) is 14.0. The number of hydrogen-bond acceptors (Lipinski definition) is 2. The van der Waals surface area contributed by atoms with E-state index in [0.717, 1.165) is 38.5 Å². The summed E-state index contributed by atoms with van der Waals surface area (Å²) in [7, 11) is 0. The summed E-state index contributed by atoms with van der Waals surface area (Å²) in [6.45, 7) is 4.15. The molecule has 108 valence electrons. The van der Waals surface area contributed by atoms with Gasteiger partial charge >= 0.3 is 5.97 Å². The van der Waals surface area contributed by atoms with Crippen molar-refractivity contribution in [3.05, 3.63) is 0 Å². The van der Waals surface area contributed by atoms with Crippen molar-refractivity contribution < 1.29 is 14.7 Å². The highest BCUT2D eigenvalue weighted by atomic mass is 16.4. The second-order valence-corrected chi connectivity index (χ2v) is 6.55. The predicted molar refractivity (Wildman–Crippen MR) is 72.6 cm³/mol. The van der Waals surface area contributed by atoms with Gasteiger partial charge in [0.2, 0.25) is 5.91 Å². The molecule has 2 N–H and O–H groups in total. The summed E-state index contributed by atoms with van der Waals surface area (Å²) in [5.41, 5.74) is -0.107. The lowest BCUT2D eigenvalue weighted by molar-refractivity contribution is -0.146. The van der Waals surface area contributed by atoms with E-state index < -0.39 is 11.9 Å². The van der Waals surface area contributed by atoms with E-state index in [2.05, 4.69) is 19.2 Å². The highest BCUT2D eigenvalue weighted by Gasteiger charge is 2.43. The SMILES string of the molecule is CCC1C[C@H](C(=O)NC2(C)CCCC2)[C@H](C(=O)O)C1. The molecule has 19 heavy (non-hydrogen) atoms. The molecule has 2 aliphatic carbocycles. The molecule has 4 nitrogen and oxygen atoms in total. The molecule has 0 bridgehead atoms. The van der Waals surface area contributed by atoms with Gasteiger partial charge in [0.1, 0.15) is 0 Å². The van der Waals surface area contributed by atoms with E-state index in [9.17, 15) is 14.7 Å². The number of rotatable bonds is 4. The third-order valence-corrected chi connectivity index (χ3v) is 5.02. The molecule has 0 aromatic carbocycles. The fraction of sp³-hybridized carbons (Fsp3) is 0.867. The molecule has 0 aliphatic heterocycles. The second kappa shape index (κ2) is 5.51. The van der Waals surface area contributed by atoms with Crippen LogP contribution in [0.15, 0.2) is 0 Å². The zero-order valence-electron chi connectivity index (χ0n) is 11.9. The fourth-order valence-electron chi connectivity index (χ4n) is 3.71. The number of carbonyl (C=O) groups excluding carboxylic acids is 1. The highest BCUT2D eigenvalue weighted by Crippen LogP contribution is 2.39. The van der Waals surface area contributed by atoms with Crippen molar-refractivity contribution in [3.8, 4) is 0 Å². The van der Waals surface area contributed by atoms with Crippen molar-refractivity contribution >= 4 is 11.9 Å². The molecule has 0 aromatic heterocycles. The van der Waals surface area contributed by atoms with Gasteiger partial charge in [0.25, 0.3) is 0 Å². The molecule has 2 fully saturated rings. The lowest BCUT2D eigenvalue weighted by Gasteiger charge is -2.28. The number of carboxylic acids is 1. The molecule has 0 spiro atoms. The maximum atomic E-state index is 12.4. The van der Waals surface area contributed by atoms with E-state index in [0.29, 0.717) is 12.3 Å². The van der Waals surface area contributed by atoms with E-state index in [-0.39, 0.29) is 17.4 Å². The van der Waals surface area contributed by atoms with Gasteiger partial charge in [-0.2, -0.15) is 0 Å². The number of hydrogen-bond donors (Lipinski definition) is 2.